The summed E-state index contributed by atoms with van der Waals surface area (Å²) in [6.07, 6.45) is 4.42. The molecule has 0 saturated carbocycles. The van der Waals surface area contributed by atoms with E-state index in [2.05, 4.69) is 14.8 Å². The van der Waals surface area contributed by atoms with Gasteiger partial charge in [-0.2, -0.15) is 4.98 Å². The zero-order valence-electron chi connectivity index (χ0n) is 19.9. The first kappa shape index (κ1) is 23.2. The fourth-order valence-corrected chi connectivity index (χ4v) is 4.66. The van der Waals surface area contributed by atoms with Crippen molar-refractivity contribution < 1.29 is 14.6 Å². The van der Waals surface area contributed by atoms with E-state index < -0.39 is 0 Å². The Morgan fingerprint density at radius 2 is 2.00 bits per heavy atom. The molecule has 2 aromatic heterocycles. The van der Waals surface area contributed by atoms with Gasteiger partial charge < -0.3 is 24.5 Å². The molecule has 1 saturated heterocycles. The largest absolute Gasteiger partial charge is 0.395 e. The predicted molar refractivity (Wildman–Crippen MR) is 134 cm³/mol. The number of carbonyl (C=O) groups excluding carboxylic acids is 1. The lowest BCUT2D eigenvalue weighted by atomic mass is 10.0. The number of nitrogens with zero attached hydrogens (tertiary/aromatic N) is 6. The van der Waals surface area contributed by atoms with E-state index in [0.717, 1.165) is 54.4 Å². The lowest BCUT2D eigenvalue weighted by Gasteiger charge is -2.28. The SMILES string of the molecule is CCN(CCO)C(=O)c1cccc(-c2nc(N3CCOCC3)nc3c2CCN3c2cccnc2)c1. The Bertz CT molecular complexity index is 1180. The van der Waals surface area contributed by atoms with Crippen molar-refractivity contribution in [1.29, 1.82) is 0 Å². The Balaban J connectivity index is 1.59. The highest BCUT2D eigenvalue weighted by Crippen LogP contribution is 2.39. The number of aliphatic hydroxyl groups excluding tert-OH is 1. The van der Waals surface area contributed by atoms with Crippen molar-refractivity contribution in [1.82, 2.24) is 19.9 Å². The van der Waals surface area contributed by atoms with Crippen LogP contribution < -0.4 is 9.80 Å². The third-order valence-corrected chi connectivity index (χ3v) is 6.49. The Kier molecular flexibility index (Phi) is 6.87. The van der Waals surface area contributed by atoms with Gasteiger partial charge in [-0.3, -0.25) is 9.78 Å². The van der Waals surface area contributed by atoms with Crippen LogP contribution in [0.3, 0.4) is 0 Å². The number of carbonyl (C=O) groups is 1. The van der Waals surface area contributed by atoms with Gasteiger partial charge in [-0.15, -0.1) is 0 Å². The maximum Gasteiger partial charge on any atom is 0.253 e. The molecule has 0 radical (unpaired) electrons. The molecule has 0 aliphatic carbocycles. The second-order valence-electron chi connectivity index (χ2n) is 8.58. The van der Waals surface area contributed by atoms with Crippen molar-refractivity contribution in [3.05, 3.63) is 59.9 Å². The van der Waals surface area contributed by atoms with Gasteiger partial charge in [0.2, 0.25) is 5.95 Å². The smallest absolute Gasteiger partial charge is 0.253 e. The number of rotatable bonds is 7. The summed E-state index contributed by atoms with van der Waals surface area (Å²) in [7, 11) is 0. The lowest BCUT2D eigenvalue weighted by Crippen LogP contribution is -2.37. The van der Waals surface area contributed by atoms with Crippen LogP contribution in [0.4, 0.5) is 17.5 Å². The van der Waals surface area contributed by atoms with E-state index in [-0.39, 0.29) is 12.5 Å². The number of aliphatic hydroxyl groups is 1. The van der Waals surface area contributed by atoms with Crippen LogP contribution in [0.2, 0.25) is 0 Å². The molecule has 2 aliphatic heterocycles. The van der Waals surface area contributed by atoms with Crippen LogP contribution in [0.1, 0.15) is 22.8 Å². The zero-order valence-corrected chi connectivity index (χ0v) is 19.9. The molecule has 0 unspecified atom stereocenters. The quantitative estimate of drug-likeness (QED) is 0.558. The Hall–Kier alpha value is -3.56. The Morgan fingerprint density at radius 1 is 1.14 bits per heavy atom. The first-order valence-corrected chi connectivity index (χ1v) is 12.1. The number of ether oxygens (including phenoxy) is 1. The summed E-state index contributed by atoms with van der Waals surface area (Å²) in [6.45, 7) is 6.23. The first-order chi connectivity index (χ1) is 17.2. The van der Waals surface area contributed by atoms with Crippen LogP contribution in [0.5, 0.6) is 0 Å². The van der Waals surface area contributed by atoms with Gasteiger partial charge >= 0.3 is 0 Å². The predicted octanol–water partition coefficient (Wildman–Crippen LogP) is 2.52. The van der Waals surface area contributed by atoms with Crippen LogP contribution in [0.25, 0.3) is 11.3 Å². The molecule has 0 spiro atoms. The van der Waals surface area contributed by atoms with Gasteiger partial charge in [-0.25, -0.2) is 4.98 Å². The van der Waals surface area contributed by atoms with Crippen LogP contribution in [0.15, 0.2) is 48.8 Å². The van der Waals surface area contributed by atoms with Crippen molar-refractivity contribution >= 4 is 23.4 Å². The van der Waals surface area contributed by atoms with Crippen LogP contribution in [0, 0.1) is 0 Å². The molecular formula is C26H30N6O3. The van der Waals surface area contributed by atoms with Crippen LogP contribution in [-0.2, 0) is 11.2 Å². The fourth-order valence-electron chi connectivity index (χ4n) is 4.66. The number of anilines is 3. The number of aromatic nitrogens is 3. The molecular weight excluding hydrogens is 444 g/mol. The molecule has 1 fully saturated rings. The summed E-state index contributed by atoms with van der Waals surface area (Å²) in [5, 5.41) is 9.34. The monoisotopic (exact) mass is 474 g/mol. The molecule has 35 heavy (non-hydrogen) atoms. The summed E-state index contributed by atoms with van der Waals surface area (Å²) >= 11 is 0. The van der Waals surface area contributed by atoms with E-state index in [1.165, 1.54) is 0 Å². The number of amides is 1. The van der Waals surface area contributed by atoms with Crippen LogP contribution >= 0.6 is 0 Å². The molecule has 1 N–H and O–H groups in total. The molecule has 0 bridgehead atoms. The number of hydrogen-bond acceptors (Lipinski definition) is 8. The second-order valence-corrected chi connectivity index (χ2v) is 8.58. The molecule has 1 aromatic carbocycles. The molecule has 5 rings (SSSR count). The molecule has 2 aliphatic rings. The number of pyridine rings is 1. The third-order valence-electron chi connectivity index (χ3n) is 6.49. The summed E-state index contributed by atoms with van der Waals surface area (Å²) in [5.74, 6) is 1.46. The van der Waals surface area contributed by atoms with Gasteiger partial charge in [-0.05, 0) is 37.6 Å². The van der Waals surface area contributed by atoms with Crippen molar-refractivity contribution in [3.8, 4) is 11.3 Å². The van der Waals surface area contributed by atoms with E-state index in [0.29, 0.717) is 37.8 Å². The number of morpholine rings is 1. The van der Waals surface area contributed by atoms with Gasteiger partial charge in [0.05, 0.1) is 37.4 Å². The third kappa shape index (κ3) is 4.69. The minimum absolute atomic E-state index is 0.0637. The molecule has 182 valence electrons. The second kappa shape index (κ2) is 10.4. The van der Waals surface area contributed by atoms with E-state index in [1.807, 2.05) is 49.5 Å². The minimum Gasteiger partial charge on any atom is -0.395 e. The molecule has 1 amide bonds. The van der Waals surface area contributed by atoms with Crippen molar-refractivity contribution in [2.45, 2.75) is 13.3 Å². The summed E-state index contributed by atoms with van der Waals surface area (Å²) in [5.41, 5.74) is 4.38. The highest BCUT2D eigenvalue weighted by Gasteiger charge is 2.29. The van der Waals surface area contributed by atoms with Crippen molar-refractivity contribution in [3.63, 3.8) is 0 Å². The van der Waals surface area contributed by atoms with Crippen molar-refractivity contribution in [2.75, 3.05) is 62.3 Å². The number of fused-ring (bicyclic) bond motifs is 1. The molecule has 9 nitrogen and oxygen atoms in total. The zero-order chi connectivity index (χ0) is 24.2. The average Bonchev–Trinajstić information content (AvgIpc) is 3.36. The van der Waals surface area contributed by atoms with Gasteiger partial charge in [-0.1, -0.05) is 12.1 Å². The first-order valence-electron chi connectivity index (χ1n) is 12.1. The van der Waals surface area contributed by atoms with E-state index >= 15 is 0 Å². The average molecular weight is 475 g/mol. The van der Waals surface area contributed by atoms with E-state index in [4.69, 9.17) is 14.7 Å². The van der Waals surface area contributed by atoms with Gasteiger partial charge in [0.15, 0.2) is 0 Å². The normalized spacial score (nSPS) is 15.3. The summed E-state index contributed by atoms with van der Waals surface area (Å²) in [6, 6.07) is 11.6. The topological polar surface area (TPSA) is 94.9 Å². The number of likely N-dealkylation sites (N-methyl/N-ethyl adjacent to an activating group) is 1. The minimum atomic E-state index is -0.0977. The van der Waals surface area contributed by atoms with Gasteiger partial charge in [0, 0.05) is 55.6 Å². The Morgan fingerprint density at radius 3 is 2.74 bits per heavy atom. The highest BCUT2D eigenvalue weighted by molar-refractivity contribution is 5.95. The standard InChI is InChI=1S/C26H30N6O3/c1-2-30(11-14-33)25(34)20-6-3-5-19(17-20)23-22-8-10-32(21-7-4-9-27-18-21)24(22)29-26(28-23)31-12-15-35-16-13-31/h3-7,9,17-18,33H,2,8,10-16H2,1H3. The number of hydrogen-bond donors (Lipinski definition) is 1. The fraction of sp³-hybridized carbons (Fsp3) is 0.385. The molecule has 4 heterocycles. The highest BCUT2D eigenvalue weighted by atomic mass is 16.5. The molecule has 3 aromatic rings. The van der Waals surface area contributed by atoms with Crippen LogP contribution in [-0.4, -0.2) is 83.4 Å². The van der Waals surface area contributed by atoms with E-state index in [9.17, 15) is 9.90 Å². The van der Waals surface area contributed by atoms with E-state index in [1.54, 1.807) is 11.1 Å². The maximum absolute atomic E-state index is 13.1. The van der Waals surface area contributed by atoms with Gasteiger partial charge in [0.25, 0.3) is 5.91 Å². The molecule has 9 heteroatoms. The lowest BCUT2D eigenvalue weighted by molar-refractivity contribution is 0.0732. The van der Waals surface area contributed by atoms with Crippen molar-refractivity contribution in [2.24, 2.45) is 0 Å². The number of benzene rings is 1. The summed E-state index contributed by atoms with van der Waals surface area (Å²) < 4.78 is 5.54. The summed E-state index contributed by atoms with van der Waals surface area (Å²) in [4.78, 5) is 33.4. The maximum atomic E-state index is 13.1. The van der Waals surface area contributed by atoms with Gasteiger partial charge in [0.1, 0.15) is 5.82 Å². The molecule has 0 atom stereocenters. The Labute approximate surface area is 205 Å².